The number of rotatable bonds is 7. The summed E-state index contributed by atoms with van der Waals surface area (Å²) in [6.45, 7) is 4.65. The van der Waals surface area contributed by atoms with Gasteiger partial charge in [0.05, 0.1) is 6.33 Å². The van der Waals surface area contributed by atoms with Gasteiger partial charge in [-0.3, -0.25) is 14.3 Å². The molecule has 0 aliphatic carbocycles. The Morgan fingerprint density at radius 1 is 1.29 bits per heavy atom. The van der Waals surface area contributed by atoms with Crippen LogP contribution in [0.15, 0.2) is 15.9 Å². The highest BCUT2D eigenvalue weighted by Gasteiger charge is 2.13. The lowest BCUT2D eigenvalue weighted by Gasteiger charge is -2.06. The van der Waals surface area contributed by atoms with Crippen LogP contribution in [0.3, 0.4) is 0 Å². The monoisotopic (exact) mass is 292 g/mol. The van der Waals surface area contributed by atoms with Gasteiger partial charge >= 0.3 is 5.69 Å². The van der Waals surface area contributed by atoms with Gasteiger partial charge in [0.15, 0.2) is 11.2 Å². The molecule has 7 nitrogen and oxygen atoms in total. The molecular weight excluding hydrogens is 272 g/mol. The highest BCUT2D eigenvalue weighted by Crippen LogP contribution is 2.08. The third-order valence-corrected chi connectivity index (χ3v) is 3.42. The van der Waals surface area contributed by atoms with Gasteiger partial charge < -0.3 is 9.36 Å². The summed E-state index contributed by atoms with van der Waals surface area (Å²) in [5, 5.41) is 0. The number of Topliss-reactive ketones (excluding diaryl/α,β-unsaturated/α-hetero) is 1. The van der Waals surface area contributed by atoms with Gasteiger partial charge in [-0.1, -0.05) is 13.3 Å². The Labute approximate surface area is 121 Å². The van der Waals surface area contributed by atoms with Gasteiger partial charge in [-0.2, -0.15) is 0 Å². The number of hydrogen-bond donors (Lipinski definition) is 1. The molecule has 0 saturated carbocycles. The van der Waals surface area contributed by atoms with Crippen LogP contribution in [0.5, 0.6) is 0 Å². The maximum absolute atomic E-state index is 12.0. The molecule has 0 aliphatic rings. The van der Waals surface area contributed by atoms with Crippen LogP contribution in [0.4, 0.5) is 0 Å². The summed E-state index contributed by atoms with van der Waals surface area (Å²) in [6, 6.07) is 0. The van der Waals surface area contributed by atoms with E-state index in [0.717, 1.165) is 12.8 Å². The quantitative estimate of drug-likeness (QED) is 0.826. The molecule has 0 unspecified atom stereocenters. The normalized spacial score (nSPS) is 11.1. The summed E-state index contributed by atoms with van der Waals surface area (Å²) in [4.78, 5) is 41.4. The number of ketones is 1. The molecule has 21 heavy (non-hydrogen) atoms. The SMILES string of the molecule is CCCCn1c(=O)[nH]c(=O)c2c1ncn2CCCC(C)=O. The highest BCUT2D eigenvalue weighted by atomic mass is 16.2. The van der Waals surface area contributed by atoms with Crippen LogP contribution in [-0.4, -0.2) is 24.9 Å². The van der Waals surface area contributed by atoms with Gasteiger partial charge in [-0.05, 0) is 19.8 Å². The Hall–Kier alpha value is -2.18. The summed E-state index contributed by atoms with van der Waals surface area (Å²) in [5.74, 6) is 0.119. The first kappa shape index (κ1) is 15.2. The smallest absolute Gasteiger partial charge is 0.325 e. The Morgan fingerprint density at radius 3 is 2.71 bits per heavy atom. The average molecular weight is 292 g/mol. The third-order valence-electron chi connectivity index (χ3n) is 3.42. The highest BCUT2D eigenvalue weighted by molar-refractivity contribution is 5.75. The molecule has 1 N–H and O–H groups in total. The molecule has 0 radical (unpaired) electrons. The number of H-pyrrole nitrogens is 1. The average Bonchev–Trinajstić information content (AvgIpc) is 2.82. The van der Waals surface area contributed by atoms with Gasteiger partial charge in [0.1, 0.15) is 5.78 Å². The van der Waals surface area contributed by atoms with Gasteiger partial charge in [-0.15, -0.1) is 0 Å². The Morgan fingerprint density at radius 2 is 2.05 bits per heavy atom. The van der Waals surface area contributed by atoms with Gasteiger partial charge in [0, 0.05) is 19.5 Å². The lowest BCUT2D eigenvalue weighted by atomic mass is 10.2. The zero-order chi connectivity index (χ0) is 15.4. The largest absolute Gasteiger partial charge is 0.330 e. The molecule has 0 atom stereocenters. The Kier molecular flexibility index (Phi) is 4.72. The lowest BCUT2D eigenvalue weighted by molar-refractivity contribution is -0.117. The number of nitrogens with one attached hydrogen (secondary N) is 1. The van der Waals surface area contributed by atoms with Crippen molar-refractivity contribution in [1.29, 1.82) is 0 Å². The van der Waals surface area contributed by atoms with Crippen molar-refractivity contribution in [2.75, 3.05) is 0 Å². The van der Waals surface area contributed by atoms with Crippen molar-refractivity contribution in [1.82, 2.24) is 19.1 Å². The maximum Gasteiger partial charge on any atom is 0.330 e. The Bertz CT molecular complexity index is 754. The maximum atomic E-state index is 12.0. The zero-order valence-electron chi connectivity index (χ0n) is 12.4. The number of unbranched alkanes of at least 4 members (excludes halogenated alkanes) is 1. The zero-order valence-corrected chi connectivity index (χ0v) is 12.4. The number of nitrogens with zero attached hydrogens (tertiary/aromatic N) is 3. The van der Waals surface area contributed by atoms with E-state index in [9.17, 15) is 14.4 Å². The molecule has 0 aliphatic heterocycles. The predicted molar refractivity (Wildman–Crippen MR) is 79.4 cm³/mol. The van der Waals surface area contributed by atoms with E-state index in [0.29, 0.717) is 37.1 Å². The van der Waals surface area contributed by atoms with Crippen LogP contribution in [0, 0.1) is 0 Å². The van der Waals surface area contributed by atoms with E-state index in [1.165, 1.54) is 4.57 Å². The fourth-order valence-electron chi connectivity index (χ4n) is 2.31. The van der Waals surface area contributed by atoms with E-state index in [1.54, 1.807) is 17.8 Å². The second kappa shape index (κ2) is 6.51. The number of carbonyl (C=O) groups excluding carboxylic acids is 1. The third kappa shape index (κ3) is 3.29. The molecule has 0 spiro atoms. The van der Waals surface area contributed by atoms with Crippen molar-refractivity contribution in [2.45, 2.75) is 52.6 Å². The number of aryl methyl sites for hydroxylation is 2. The van der Waals surface area contributed by atoms with Crippen LogP contribution in [0.2, 0.25) is 0 Å². The molecule has 0 bridgehead atoms. The summed E-state index contributed by atoms with van der Waals surface area (Å²) < 4.78 is 3.21. The molecule has 0 saturated heterocycles. The van der Waals surface area contributed by atoms with Crippen molar-refractivity contribution in [3.63, 3.8) is 0 Å². The summed E-state index contributed by atoms with van der Waals surface area (Å²) in [5.41, 5.74) is -0.0349. The standard InChI is InChI=1S/C14H20N4O3/c1-3-4-8-18-12-11(13(20)16-14(18)21)17(9-15-12)7-5-6-10(2)19/h9H,3-8H2,1-2H3,(H,16,20,21). The molecular formula is C14H20N4O3. The number of hydrogen-bond acceptors (Lipinski definition) is 4. The van der Waals surface area contributed by atoms with E-state index in [-0.39, 0.29) is 5.78 Å². The number of carbonyl (C=O) groups is 1. The van der Waals surface area contributed by atoms with E-state index in [2.05, 4.69) is 9.97 Å². The van der Waals surface area contributed by atoms with Crippen molar-refractivity contribution in [3.8, 4) is 0 Å². The molecule has 0 fully saturated rings. The van der Waals surface area contributed by atoms with Crippen molar-refractivity contribution < 1.29 is 4.79 Å². The topological polar surface area (TPSA) is 89.8 Å². The van der Waals surface area contributed by atoms with Gasteiger partial charge in [0.2, 0.25) is 0 Å². The number of imidazole rings is 1. The second-order valence-corrected chi connectivity index (χ2v) is 5.18. The van der Waals surface area contributed by atoms with E-state index >= 15 is 0 Å². The van der Waals surface area contributed by atoms with Gasteiger partial charge in [0.25, 0.3) is 5.56 Å². The molecule has 0 amide bonds. The number of aromatic nitrogens is 4. The van der Waals surface area contributed by atoms with Crippen LogP contribution in [-0.2, 0) is 17.9 Å². The first-order valence-electron chi connectivity index (χ1n) is 7.22. The van der Waals surface area contributed by atoms with Crippen LogP contribution >= 0.6 is 0 Å². The molecule has 114 valence electrons. The minimum Gasteiger partial charge on any atom is -0.325 e. The molecule has 2 rings (SSSR count). The first-order chi connectivity index (χ1) is 10.0. The fraction of sp³-hybridized carbons (Fsp3) is 0.571. The minimum atomic E-state index is -0.428. The van der Waals surface area contributed by atoms with Crippen molar-refractivity contribution >= 4 is 16.9 Å². The van der Waals surface area contributed by atoms with E-state index in [4.69, 9.17) is 0 Å². The summed E-state index contributed by atoms with van der Waals surface area (Å²) in [7, 11) is 0. The fourth-order valence-corrected chi connectivity index (χ4v) is 2.31. The van der Waals surface area contributed by atoms with Crippen LogP contribution in [0.25, 0.3) is 11.2 Å². The second-order valence-electron chi connectivity index (χ2n) is 5.18. The minimum absolute atomic E-state index is 0.119. The number of aromatic amines is 1. The number of fused-ring (bicyclic) bond motifs is 1. The molecule has 2 heterocycles. The molecule has 0 aromatic carbocycles. The first-order valence-corrected chi connectivity index (χ1v) is 7.22. The van der Waals surface area contributed by atoms with Crippen LogP contribution < -0.4 is 11.2 Å². The predicted octanol–water partition coefficient (Wildman–Crippen LogP) is 1.06. The van der Waals surface area contributed by atoms with Crippen molar-refractivity contribution in [3.05, 3.63) is 27.2 Å². The Balaban J connectivity index is 2.40. The van der Waals surface area contributed by atoms with E-state index < -0.39 is 11.2 Å². The molecule has 7 heteroatoms. The van der Waals surface area contributed by atoms with Gasteiger partial charge in [-0.25, -0.2) is 9.78 Å². The van der Waals surface area contributed by atoms with Crippen LogP contribution in [0.1, 0.15) is 39.5 Å². The molecule has 2 aromatic heterocycles. The van der Waals surface area contributed by atoms with Crippen molar-refractivity contribution in [2.24, 2.45) is 0 Å². The lowest BCUT2D eigenvalue weighted by Crippen LogP contribution is -2.31. The van der Waals surface area contributed by atoms with E-state index in [1.807, 2.05) is 6.92 Å². The molecule has 2 aromatic rings. The summed E-state index contributed by atoms with van der Waals surface area (Å²) in [6.07, 6.45) is 4.47. The summed E-state index contributed by atoms with van der Waals surface area (Å²) >= 11 is 0.